The van der Waals surface area contributed by atoms with Crippen LogP contribution in [0.1, 0.15) is 41.7 Å². The first-order valence-corrected chi connectivity index (χ1v) is 8.24. The lowest BCUT2D eigenvalue weighted by molar-refractivity contribution is 0.381. The molecule has 5 heteroatoms. The largest absolute Gasteiger partial charge is 0.494 e. The van der Waals surface area contributed by atoms with Crippen LogP contribution < -0.4 is 5.56 Å². The summed E-state index contributed by atoms with van der Waals surface area (Å²) < 4.78 is 1.25. The van der Waals surface area contributed by atoms with Gasteiger partial charge >= 0.3 is 0 Å². The van der Waals surface area contributed by atoms with Crippen molar-refractivity contribution in [3.63, 3.8) is 0 Å². The molecule has 25 heavy (non-hydrogen) atoms. The van der Waals surface area contributed by atoms with Crippen LogP contribution in [0.25, 0.3) is 0 Å². The molecule has 0 spiro atoms. The Labute approximate surface area is 147 Å². The standard InChI is InChI=1S/C20H23N3O2/c1-12(2)11-23-19(24)16(9-21)15(5)17(20(23)25)10-22-18-8-13(3)6-7-14(18)4/h6-8,10,12,25H,11H2,1-5H3. The van der Waals surface area contributed by atoms with Gasteiger partial charge in [0.05, 0.1) is 11.3 Å². The van der Waals surface area contributed by atoms with Crippen LogP contribution in [0.2, 0.25) is 0 Å². The van der Waals surface area contributed by atoms with Gasteiger partial charge in [-0.2, -0.15) is 5.26 Å². The Morgan fingerprint density at radius 1 is 1.32 bits per heavy atom. The molecule has 0 fully saturated rings. The zero-order chi connectivity index (χ0) is 18.7. The van der Waals surface area contributed by atoms with Gasteiger partial charge in [0.25, 0.3) is 5.56 Å². The first-order chi connectivity index (χ1) is 11.8. The molecule has 130 valence electrons. The maximum Gasteiger partial charge on any atom is 0.271 e. The molecule has 0 atom stereocenters. The molecule has 0 bridgehead atoms. The summed E-state index contributed by atoms with van der Waals surface area (Å²) >= 11 is 0. The molecule has 2 aromatic rings. The van der Waals surface area contributed by atoms with E-state index in [2.05, 4.69) is 4.99 Å². The fraction of sp³-hybridized carbons (Fsp3) is 0.350. The van der Waals surface area contributed by atoms with E-state index in [4.69, 9.17) is 0 Å². The fourth-order valence-corrected chi connectivity index (χ4v) is 2.65. The van der Waals surface area contributed by atoms with Crippen molar-refractivity contribution in [2.45, 2.75) is 41.2 Å². The molecule has 1 heterocycles. The summed E-state index contributed by atoms with van der Waals surface area (Å²) in [5.41, 5.74) is 3.31. The minimum absolute atomic E-state index is 0.0425. The highest BCUT2D eigenvalue weighted by Crippen LogP contribution is 2.24. The molecule has 1 aromatic carbocycles. The molecule has 0 aliphatic rings. The predicted molar refractivity (Wildman–Crippen MR) is 99.8 cm³/mol. The van der Waals surface area contributed by atoms with Crippen LogP contribution in [-0.4, -0.2) is 15.9 Å². The van der Waals surface area contributed by atoms with Crippen LogP contribution in [0.3, 0.4) is 0 Å². The van der Waals surface area contributed by atoms with Gasteiger partial charge in [0.2, 0.25) is 5.88 Å². The van der Waals surface area contributed by atoms with Gasteiger partial charge in [-0.1, -0.05) is 26.0 Å². The molecule has 0 aliphatic carbocycles. The van der Waals surface area contributed by atoms with Crippen LogP contribution in [0.15, 0.2) is 28.0 Å². The Morgan fingerprint density at radius 3 is 2.60 bits per heavy atom. The van der Waals surface area contributed by atoms with Gasteiger partial charge in [-0.05, 0) is 49.4 Å². The smallest absolute Gasteiger partial charge is 0.271 e. The lowest BCUT2D eigenvalue weighted by atomic mass is 10.1. The Morgan fingerprint density at radius 2 is 2.00 bits per heavy atom. The fourth-order valence-electron chi connectivity index (χ4n) is 2.65. The molecule has 2 rings (SSSR count). The summed E-state index contributed by atoms with van der Waals surface area (Å²) in [6.45, 7) is 9.83. The van der Waals surface area contributed by atoms with Gasteiger partial charge in [0.1, 0.15) is 11.6 Å². The van der Waals surface area contributed by atoms with Crippen molar-refractivity contribution in [2.75, 3.05) is 0 Å². The van der Waals surface area contributed by atoms with Crippen LogP contribution >= 0.6 is 0 Å². The van der Waals surface area contributed by atoms with Crippen LogP contribution in [-0.2, 0) is 6.54 Å². The summed E-state index contributed by atoms with van der Waals surface area (Å²) in [7, 11) is 0. The molecule has 1 aromatic heterocycles. The van der Waals surface area contributed by atoms with E-state index >= 15 is 0 Å². The molecule has 5 nitrogen and oxygen atoms in total. The minimum Gasteiger partial charge on any atom is -0.494 e. The lowest BCUT2D eigenvalue weighted by Crippen LogP contribution is -2.27. The van der Waals surface area contributed by atoms with Gasteiger partial charge < -0.3 is 5.11 Å². The highest BCUT2D eigenvalue weighted by Gasteiger charge is 2.18. The Hall–Kier alpha value is -2.87. The molecule has 0 amide bonds. The van der Waals surface area contributed by atoms with Gasteiger partial charge in [-0.25, -0.2) is 0 Å². The summed E-state index contributed by atoms with van der Waals surface area (Å²) in [5, 5.41) is 19.9. The topological polar surface area (TPSA) is 78.4 Å². The number of aromatic hydroxyl groups is 1. The van der Waals surface area contributed by atoms with E-state index in [1.807, 2.05) is 52.0 Å². The SMILES string of the molecule is Cc1ccc(C)c(N=Cc2c(C)c(C#N)c(=O)n(CC(C)C)c2O)c1. The van der Waals surface area contributed by atoms with Crippen LogP contribution in [0, 0.1) is 38.0 Å². The van der Waals surface area contributed by atoms with Crippen molar-refractivity contribution in [1.29, 1.82) is 5.26 Å². The third-order valence-corrected chi connectivity index (χ3v) is 4.09. The number of pyridine rings is 1. The number of benzene rings is 1. The zero-order valence-electron chi connectivity index (χ0n) is 15.3. The highest BCUT2D eigenvalue weighted by atomic mass is 16.3. The number of aryl methyl sites for hydroxylation is 2. The first kappa shape index (κ1) is 18.5. The van der Waals surface area contributed by atoms with Crippen molar-refractivity contribution in [3.05, 3.63) is 56.4 Å². The van der Waals surface area contributed by atoms with Crippen molar-refractivity contribution < 1.29 is 5.11 Å². The number of hydrogen-bond donors (Lipinski definition) is 1. The zero-order valence-corrected chi connectivity index (χ0v) is 15.3. The Kier molecular flexibility index (Phi) is 5.43. The molecule has 0 unspecified atom stereocenters. The number of aliphatic imine (C=N–C) groups is 1. The monoisotopic (exact) mass is 337 g/mol. The Balaban J connectivity index is 2.65. The van der Waals surface area contributed by atoms with Gasteiger partial charge in [-0.15, -0.1) is 0 Å². The summed E-state index contributed by atoms with van der Waals surface area (Å²) in [5.74, 6) is 0.00547. The van der Waals surface area contributed by atoms with Crippen LogP contribution in [0.4, 0.5) is 5.69 Å². The van der Waals surface area contributed by atoms with E-state index in [1.165, 1.54) is 10.8 Å². The molecular weight excluding hydrogens is 314 g/mol. The van der Waals surface area contributed by atoms with Crippen LogP contribution in [0.5, 0.6) is 5.88 Å². The van der Waals surface area contributed by atoms with Crippen molar-refractivity contribution >= 4 is 11.9 Å². The molecular formula is C20H23N3O2. The molecule has 0 radical (unpaired) electrons. The molecule has 1 N–H and O–H groups in total. The third kappa shape index (κ3) is 3.80. The van der Waals surface area contributed by atoms with Crippen molar-refractivity contribution in [3.8, 4) is 11.9 Å². The van der Waals surface area contributed by atoms with Crippen molar-refractivity contribution in [1.82, 2.24) is 4.57 Å². The minimum atomic E-state index is -0.463. The molecule has 0 saturated heterocycles. The number of hydrogen-bond acceptors (Lipinski definition) is 4. The van der Waals surface area contributed by atoms with Gasteiger partial charge in [0.15, 0.2) is 0 Å². The second kappa shape index (κ2) is 7.35. The molecule has 0 saturated carbocycles. The van der Waals surface area contributed by atoms with Crippen molar-refractivity contribution in [2.24, 2.45) is 10.9 Å². The summed E-state index contributed by atoms with van der Waals surface area (Å²) in [6.07, 6.45) is 1.53. The van der Waals surface area contributed by atoms with Gasteiger partial charge in [-0.3, -0.25) is 14.4 Å². The summed E-state index contributed by atoms with van der Waals surface area (Å²) in [4.78, 5) is 16.9. The van der Waals surface area contributed by atoms with E-state index in [1.54, 1.807) is 6.92 Å². The van der Waals surface area contributed by atoms with E-state index in [0.717, 1.165) is 16.8 Å². The first-order valence-electron chi connectivity index (χ1n) is 8.24. The normalized spacial score (nSPS) is 11.2. The predicted octanol–water partition coefficient (Wildman–Crippen LogP) is 3.76. The summed E-state index contributed by atoms with van der Waals surface area (Å²) in [6, 6.07) is 7.90. The Bertz CT molecular complexity index is 931. The van der Waals surface area contributed by atoms with Gasteiger partial charge in [0, 0.05) is 12.8 Å². The molecule has 0 aliphatic heterocycles. The quantitative estimate of drug-likeness (QED) is 0.863. The second-order valence-electron chi connectivity index (χ2n) is 6.71. The van der Waals surface area contributed by atoms with E-state index in [-0.39, 0.29) is 17.4 Å². The van der Waals surface area contributed by atoms with E-state index in [0.29, 0.717) is 17.7 Å². The number of rotatable bonds is 4. The average Bonchev–Trinajstić information content (AvgIpc) is 2.54. The average molecular weight is 337 g/mol. The van der Waals surface area contributed by atoms with E-state index < -0.39 is 5.56 Å². The lowest BCUT2D eigenvalue weighted by Gasteiger charge is -2.15. The number of aromatic nitrogens is 1. The maximum atomic E-state index is 12.4. The third-order valence-electron chi connectivity index (χ3n) is 4.09. The second-order valence-corrected chi connectivity index (χ2v) is 6.71. The number of nitrogens with zero attached hydrogens (tertiary/aromatic N) is 3. The highest BCUT2D eigenvalue weighted by molar-refractivity contribution is 5.87. The maximum absolute atomic E-state index is 12.4. The van der Waals surface area contributed by atoms with E-state index in [9.17, 15) is 15.2 Å². The number of nitriles is 1.